The maximum absolute atomic E-state index is 13.3. The average Bonchev–Trinajstić information content (AvgIpc) is 3.17. The number of hydrogen-bond donors (Lipinski definition) is 4. The normalized spacial score (nSPS) is 12.1. The summed E-state index contributed by atoms with van der Waals surface area (Å²) in [7, 11) is 0. The van der Waals surface area contributed by atoms with Crippen molar-refractivity contribution < 1.29 is 28.8 Å². The van der Waals surface area contributed by atoms with Crippen LogP contribution in [0.1, 0.15) is 40.1 Å². The number of carbonyl (C=O) groups is 6. The van der Waals surface area contributed by atoms with E-state index >= 15 is 0 Å². The van der Waals surface area contributed by atoms with E-state index in [4.69, 9.17) is 81.2 Å². The third kappa shape index (κ3) is 13.5. The van der Waals surface area contributed by atoms with E-state index in [1.54, 1.807) is 0 Å². The summed E-state index contributed by atoms with van der Waals surface area (Å²) < 4.78 is 0. The fraction of sp³-hybridized carbons (Fsp3) is 0.122. The number of azo groups is 2. The molecule has 0 spiro atoms. The molecule has 0 aliphatic rings. The van der Waals surface area contributed by atoms with Gasteiger partial charge in [-0.25, -0.2) is 0 Å². The second-order valence-electron chi connectivity index (χ2n) is 13.1. The van der Waals surface area contributed by atoms with Crippen LogP contribution in [0.15, 0.2) is 111 Å². The van der Waals surface area contributed by atoms with E-state index < -0.39 is 47.3 Å². The lowest BCUT2D eigenvalue weighted by Gasteiger charge is -2.15. The minimum absolute atomic E-state index is 0.0662. The van der Waals surface area contributed by atoms with Crippen LogP contribution in [0.3, 0.4) is 0 Å². The summed E-state index contributed by atoms with van der Waals surface area (Å²) in [6, 6.07) is 18.2. The number of nitrogens with one attached hydrogen (secondary N) is 4. The topological polar surface area (TPSA) is 200 Å². The van der Waals surface area contributed by atoms with Crippen LogP contribution < -0.4 is 21.3 Å². The Morgan fingerprint density at radius 3 is 1.29 bits per heavy atom. The first-order chi connectivity index (χ1) is 29.4. The van der Waals surface area contributed by atoms with E-state index in [9.17, 15) is 28.8 Å². The molecular weight excluding hydrogens is 949 g/mol. The highest BCUT2D eigenvalue weighted by molar-refractivity contribution is 6.36. The molecule has 0 radical (unpaired) electrons. The van der Waals surface area contributed by atoms with Crippen molar-refractivity contribution in [2.75, 3.05) is 21.3 Å². The molecule has 5 aromatic rings. The molecule has 0 bridgehead atoms. The SMILES string of the molecule is CC(=O)C(N=Nc1cc(Cl)cc(C(=O)Nc2cc(Cl)cc(Cl)c2)c1)C(=O)Nc1ccc(NC(=O)C(N=Nc2cc(Cl)cc(C(=O)Nc3cc(Cl)cc(Cl)c3)c2)C(C)=O)c(CCl)c1. The van der Waals surface area contributed by atoms with Gasteiger partial charge in [0.25, 0.3) is 23.6 Å². The summed E-state index contributed by atoms with van der Waals surface area (Å²) in [5, 5.41) is 27.8. The van der Waals surface area contributed by atoms with E-state index in [-0.39, 0.29) is 49.8 Å². The van der Waals surface area contributed by atoms with Crippen LogP contribution in [0.25, 0.3) is 0 Å². The summed E-state index contributed by atoms with van der Waals surface area (Å²) in [6.45, 7) is 2.28. The van der Waals surface area contributed by atoms with Gasteiger partial charge in [-0.2, -0.15) is 20.5 Å². The van der Waals surface area contributed by atoms with Crippen LogP contribution in [0.5, 0.6) is 0 Å². The molecule has 4 amide bonds. The summed E-state index contributed by atoms with van der Waals surface area (Å²) in [4.78, 5) is 77.6. The van der Waals surface area contributed by atoms with Gasteiger partial charge in [0.15, 0.2) is 11.6 Å². The Bertz CT molecular complexity index is 2640. The first kappa shape index (κ1) is 47.6. The summed E-state index contributed by atoms with van der Waals surface area (Å²) >= 11 is 42.8. The molecule has 0 saturated heterocycles. The molecule has 318 valence electrons. The Kier molecular flexibility index (Phi) is 16.6. The average molecular weight is 978 g/mol. The number of amides is 4. The van der Waals surface area contributed by atoms with Crippen LogP contribution in [0, 0.1) is 0 Å². The molecule has 2 atom stereocenters. The zero-order chi connectivity index (χ0) is 45.2. The number of halogens is 7. The molecule has 5 rings (SSSR count). The van der Waals surface area contributed by atoms with Crippen molar-refractivity contribution in [2.45, 2.75) is 31.8 Å². The lowest BCUT2D eigenvalue weighted by molar-refractivity contribution is -0.127. The predicted molar refractivity (Wildman–Crippen MR) is 243 cm³/mol. The second-order valence-corrected chi connectivity index (χ2v) is 15.9. The van der Waals surface area contributed by atoms with Crippen molar-refractivity contribution in [1.29, 1.82) is 0 Å². The molecule has 62 heavy (non-hydrogen) atoms. The Morgan fingerprint density at radius 2 is 0.887 bits per heavy atom. The van der Waals surface area contributed by atoms with Crippen molar-refractivity contribution in [3.63, 3.8) is 0 Å². The van der Waals surface area contributed by atoms with E-state index in [1.807, 2.05) is 0 Å². The zero-order valence-electron chi connectivity index (χ0n) is 31.9. The molecule has 0 aromatic heterocycles. The Balaban J connectivity index is 1.26. The largest absolute Gasteiger partial charge is 0.324 e. The molecule has 2 unspecified atom stereocenters. The fourth-order valence-electron chi connectivity index (χ4n) is 5.39. The summed E-state index contributed by atoms with van der Waals surface area (Å²) in [5.41, 5.74) is 1.63. The lowest BCUT2D eigenvalue weighted by Crippen LogP contribution is -2.32. The van der Waals surface area contributed by atoms with Gasteiger partial charge >= 0.3 is 0 Å². The Hall–Kier alpha value is -5.45. The Morgan fingerprint density at radius 1 is 0.484 bits per heavy atom. The van der Waals surface area contributed by atoms with Gasteiger partial charge in [0.05, 0.1) is 11.4 Å². The van der Waals surface area contributed by atoms with Crippen molar-refractivity contribution >= 4 is 151 Å². The highest BCUT2D eigenvalue weighted by Gasteiger charge is 2.26. The minimum Gasteiger partial charge on any atom is -0.324 e. The molecule has 0 fully saturated rings. The third-order valence-corrected chi connectivity index (χ3v) is 9.75. The molecule has 0 heterocycles. The van der Waals surface area contributed by atoms with Gasteiger partial charge in [-0.1, -0.05) is 69.6 Å². The van der Waals surface area contributed by atoms with Gasteiger partial charge in [-0.15, -0.1) is 11.6 Å². The van der Waals surface area contributed by atoms with Gasteiger partial charge in [-0.05, 0) is 110 Å². The highest BCUT2D eigenvalue weighted by atomic mass is 35.5. The zero-order valence-corrected chi connectivity index (χ0v) is 37.2. The van der Waals surface area contributed by atoms with E-state index in [0.29, 0.717) is 37.0 Å². The Labute approximate surface area is 388 Å². The van der Waals surface area contributed by atoms with Gasteiger partial charge < -0.3 is 21.3 Å². The first-order valence-corrected chi connectivity index (χ1v) is 20.5. The third-order valence-electron chi connectivity index (χ3n) is 8.15. The first-order valence-electron chi connectivity index (χ1n) is 17.7. The number of carbonyl (C=O) groups excluding carboxylic acids is 6. The number of anilines is 4. The van der Waals surface area contributed by atoms with Crippen molar-refractivity contribution in [2.24, 2.45) is 20.5 Å². The standard InChI is InChI=1S/C41H29Cl7N8O6/c1-19(57)36(55-53-33-7-21(5-24(43)16-33)38(59)50-31-12-26(45)10-27(46)13-31)40(61)49-30-3-4-35(23(9-30)18-42)52-41(62)37(20(2)58)56-54-34-8-22(6-25(44)17-34)39(60)51-32-14-28(47)11-29(48)15-32/h3-17,36-37H,18H2,1-2H3,(H,49,61)(H,50,59)(H,51,60)(H,52,62). The van der Waals surface area contributed by atoms with E-state index in [2.05, 4.69) is 41.7 Å². The van der Waals surface area contributed by atoms with Gasteiger partial charge in [0.1, 0.15) is 0 Å². The minimum atomic E-state index is -1.63. The number of Topliss-reactive ketones (excluding diaryl/α,β-unsaturated/α-hetero) is 2. The number of rotatable bonds is 15. The quantitative estimate of drug-likeness (QED) is 0.0457. The maximum Gasteiger partial charge on any atom is 0.258 e. The van der Waals surface area contributed by atoms with Gasteiger partial charge in [0.2, 0.25) is 12.1 Å². The number of alkyl halides is 1. The molecule has 0 aliphatic carbocycles. The molecule has 0 saturated carbocycles. The van der Waals surface area contributed by atoms with Crippen LogP contribution in [-0.4, -0.2) is 47.3 Å². The smallest absolute Gasteiger partial charge is 0.258 e. The van der Waals surface area contributed by atoms with E-state index in [0.717, 1.165) is 13.8 Å². The molecule has 0 aliphatic heterocycles. The van der Waals surface area contributed by atoms with Crippen molar-refractivity contribution in [3.8, 4) is 0 Å². The molecule has 5 aromatic carbocycles. The van der Waals surface area contributed by atoms with Crippen LogP contribution in [0.2, 0.25) is 30.1 Å². The van der Waals surface area contributed by atoms with Crippen LogP contribution in [0.4, 0.5) is 34.1 Å². The summed E-state index contributed by atoms with van der Waals surface area (Å²) in [5.74, 6) is -4.35. The number of hydrogen-bond acceptors (Lipinski definition) is 10. The van der Waals surface area contributed by atoms with Crippen LogP contribution >= 0.6 is 81.2 Å². The maximum atomic E-state index is 13.3. The van der Waals surface area contributed by atoms with Crippen molar-refractivity contribution in [1.82, 2.24) is 0 Å². The van der Waals surface area contributed by atoms with E-state index in [1.165, 1.54) is 91.0 Å². The summed E-state index contributed by atoms with van der Waals surface area (Å²) in [6.07, 6.45) is 0. The van der Waals surface area contributed by atoms with Crippen molar-refractivity contribution in [3.05, 3.63) is 138 Å². The highest BCUT2D eigenvalue weighted by Crippen LogP contribution is 2.29. The van der Waals surface area contributed by atoms with Crippen LogP contribution in [-0.2, 0) is 25.1 Å². The molecule has 14 nitrogen and oxygen atoms in total. The fourth-order valence-corrected chi connectivity index (χ4v) is 7.12. The van der Waals surface area contributed by atoms with Gasteiger partial charge in [-0.3, -0.25) is 28.8 Å². The van der Waals surface area contributed by atoms with Gasteiger partial charge in [0, 0.05) is 69.9 Å². The number of benzene rings is 5. The number of ketones is 2. The molecular formula is C41H29Cl7N8O6. The predicted octanol–water partition coefficient (Wildman–Crippen LogP) is 12.2. The molecule has 4 N–H and O–H groups in total. The monoisotopic (exact) mass is 974 g/mol. The molecule has 21 heteroatoms. The second kappa shape index (κ2) is 21.6. The number of nitrogens with zero attached hydrogens (tertiary/aromatic N) is 4. The lowest BCUT2D eigenvalue weighted by atomic mass is 10.1.